The molecule has 0 unspecified atom stereocenters. The van der Waals surface area contributed by atoms with Crippen LogP contribution in [0.2, 0.25) is 5.02 Å². The van der Waals surface area contributed by atoms with Gasteiger partial charge in [0.1, 0.15) is 24.0 Å². The molecule has 2 aliphatic heterocycles. The second-order valence-corrected chi connectivity index (χ2v) is 8.94. The number of nitrogens with zero attached hydrogens (tertiary/aromatic N) is 4. The van der Waals surface area contributed by atoms with E-state index in [0.717, 1.165) is 37.3 Å². The summed E-state index contributed by atoms with van der Waals surface area (Å²) in [5, 5.41) is 8.08. The summed E-state index contributed by atoms with van der Waals surface area (Å²) in [6.07, 6.45) is 2.06. The van der Waals surface area contributed by atoms with Gasteiger partial charge in [-0.05, 0) is 42.7 Å². The molecular weight excluding hydrogens is 436 g/mol. The van der Waals surface area contributed by atoms with Gasteiger partial charge in [-0.3, -0.25) is 9.69 Å². The van der Waals surface area contributed by atoms with Crippen LogP contribution in [0.25, 0.3) is 11.4 Å². The van der Waals surface area contributed by atoms with Crippen molar-refractivity contribution in [1.29, 1.82) is 0 Å². The molecule has 0 radical (unpaired) electrons. The number of amides is 1. The zero-order valence-electron chi connectivity index (χ0n) is 17.3. The molecule has 9 heteroatoms. The lowest BCUT2D eigenvalue weighted by atomic mass is 9.84. The Morgan fingerprint density at radius 2 is 1.88 bits per heavy atom. The van der Waals surface area contributed by atoms with Crippen molar-refractivity contribution in [3.63, 3.8) is 0 Å². The second kappa shape index (κ2) is 8.26. The summed E-state index contributed by atoms with van der Waals surface area (Å²) in [6.45, 7) is 2.25. The number of fused-ring (bicyclic) bond motifs is 1. The molecule has 1 aromatic heterocycles. The van der Waals surface area contributed by atoms with Gasteiger partial charge in [-0.1, -0.05) is 29.8 Å². The Kier molecular flexibility index (Phi) is 5.43. The summed E-state index contributed by atoms with van der Waals surface area (Å²) in [6, 6.07) is 10.6. The van der Waals surface area contributed by atoms with Crippen molar-refractivity contribution in [2.75, 3.05) is 13.1 Å². The van der Waals surface area contributed by atoms with E-state index in [4.69, 9.17) is 11.6 Å². The fourth-order valence-electron chi connectivity index (χ4n) is 4.53. The Morgan fingerprint density at radius 1 is 1.09 bits per heavy atom. The summed E-state index contributed by atoms with van der Waals surface area (Å²) < 4.78 is 28.6. The van der Waals surface area contributed by atoms with Crippen molar-refractivity contribution >= 4 is 17.5 Å². The molecule has 5 rings (SSSR count). The third kappa shape index (κ3) is 4.25. The molecule has 2 aliphatic rings. The van der Waals surface area contributed by atoms with Crippen LogP contribution in [0, 0.1) is 11.6 Å². The molecule has 0 saturated carbocycles. The smallest absolute Gasteiger partial charge is 0.242 e. The second-order valence-electron chi connectivity index (χ2n) is 8.54. The molecule has 1 N–H and O–H groups in total. The first-order valence-electron chi connectivity index (χ1n) is 10.6. The number of carbonyl (C=O) groups is 1. The van der Waals surface area contributed by atoms with Gasteiger partial charge in [-0.25, -0.2) is 18.4 Å². The Morgan fingerprint density at radius 3 is 2.62 bits per heavy atom. The minimum absolute atomic E-state index is 0.0916. The summed E-state index contributed by atoms with van der Waals surface area (Å²) in [5.74, 6) is 0.342. The van der Waals surface area contributed by atoms with Gasteiger partial charge >= 0.3 is 0 Å². The number of carbonyl (C=O) groups excluding carboxylic acids is 1. The van der Waals surface area contributed by atoms with Crippen LogP contribution in [0.5, 0.6) is 0 Å². The predicted molar refractivity (Wildman–Crippen MR) is 116 cm³/mol. The first kappa shape index (κ1) is 21.0. The van der Waals surface area contributed by atoms with Gasteiger partial charge in [0.05, 0.1) is 0 Å². The Bertz CT molecular complexity index is 1170. The molecule has 1 amide bonds. The van der Waals surface area contributed by atoms with E-state index in [2.05, 4.69) is 20.3 Å². The number of likely N-dealkylation sites (tertiary alicyclic amines) is 1. The highest BCUT2D eigenvalue weighted by molar-refractivity contribution is 6.31. The van der Waals surface area contributed by atoms with Gasteiger partial charge in [0.25, 0.3) is 0 Å². The Labute approximate surface area is 189 Å². The normalized spacial score (nSPS) is 18.3. The third-order valence-corrected chi connectivity index (χ3v) is 6.60. The molecule has 166 valence electrons. The third-order valence-electron chi connectivity index (χ3n) is 6.25. The molecule has 2 aromatic carbocycles. The van der Waals surface area contributed by atoms with Crippen molar-refractivity contribution < 1.29 is 13.6 Å². The zero-order chi connectivity index (χ0) is 22.3. The molecule has 0 bridgehead atoms. The average Bonchev–Trinajstić information content (AvgIpc) is 3.08. The van der Waals surface area contributed by atoms with E-state index in [0.29, 0.717) is 29.4 Å². The van der Waals surface area contributed by atoms with Crippen molar-refractivity contribution in [3.05, 3.63) is 70.5 Å². The first-order chi connectivity index (χ1) is 15.4. The van der Waals surface area contributed by atoms with Crippen LogP contribution in [0.15, 0.2) is 42.5 Å². The molecule has 3 aromatic rings. The van der Waals surface area contributed by atoms with Crippen molar-refractivity contribution in [2.45, 2.75) is 37.9 Å². The maximum Gasteiger partial charge on any atom is 0.242 e. The lowest BCUT2D eigenvalue weighted by Crippen LogP contribution is -2.56. The molecule has 32 heavy (non-hydrogen) atoms. The number of halogens is 3. The van der Waals surface area contributed by atoms with E-state index in [9.17, 15) is 13.6 Å². The summed E-state index contributed by atoms with van der Waals surface area (Å²) in [5.41, 5.74) is 1.07. The van der Waals surface area contributed by atoms with E-state index in [1.807, 2.05) is 0 Å². The standard InChI is InChI=1S/C23H22ClF2N5O/c24-19-11-18(26)5-4-16(19)13-30-8-6-23(7-9-30)12-20-27-22(15-2-1-3-17(25)10-15)29-31(20)14-21(32)28-23/h1-5,10-11H,6-9,12-14H2,(H,28,32). The minimum atomic E-state index is -0.402. The van der Waals surface area contributed by atoms with E-state index >= 15 is 0 Å². The van der Waals surface area contributed by atoms with Crippen molar-refractivity contribution in [3.8, 4) is 11.4 Å². The molecule has 0 aliphatic carbocycles. The van der Waals surface area contributed by atoms with Crippen molar-refractivity contribution in [1.82, 2.24) is 25.0 Å². The lowest BCUT2D eigenvalue weighted by molar-refractivity contribution is -0.123. The van der Waals surface area contributed by atoms with E-state index in [-0.39, 0.29) is 24.1 Å². The molecule has 1 fully saturated rings. The maximum atomic E-state index is 13.6. The van der Waals surface area contributed by atoms with Crippen LogP contribution >= 0.6 is 11.6 Å². The Balaban J connectivity index is 1.32. The molecule has 1 saturated heterocycles. The predicted octanol–water partition coefficient (Wildman–Crippen LogP) is 3.58. The zero-order valence-corrected chi connectivity index (χ0v) is 18.1. The van der Waals surface area contributed by atoms with Crippen LogP contribution in [-0.2, 0) is 24.3 Å². The van der Waals surface area contributed by atoms with Gasteiger partial charge < -0.3 is 5.32 Å². The van der Waals surface area contributed by atoms with Crippen LogP contribution in [-0.4, -0.2) is 44.2 Å². The number of aromatic nitrogens is 3. The average molecular weight is 458 g/mol. The highest BCUT2D eigenvalue weighted by atomic mass is 35.5. The molecule has 0 atom stereocenters. The molecule has 1 spiro atoms. The number of hydrogen-bond acceptors (Lipinski definition) is 4. The fraction of sp³-hybridized carbons (Fsp3) is 0.348. The first-order valence-corrected chi connectivity index (χ1v) is 10.9. The van der Waals surface area contributed by atoms with Crippen molar-refractivity contribution in [2.24, 2.45) is 0 Å². The topological polar surface area (TPSA) is 63.1 Å². The van der Waals surface area contributed by atoms with E-state index < -0.39 is 5.54 Å². The highest BCUT2D eigenvalue weighted by Crippen LogP contribution is 2.30. The van der Waals surface area contributed by atoms with Gasteiger partial charge in [0.2, 0.25) is 5.91 Å². The summed E-state index contributed by atoms with van der Waals surface area (Å²) in [4.78, 5) is 19.5. The quantitative estimate of drug-likeness (QED) is 0.653. The molecular formula is C23H22ClF2N5O. The summed E-state index contributed by atoms with van der Waals surface area (Å²) >= 11 is 6.19. The number of hydrogen-bond donors (Lipinski definition) is 1. The largest absolute Gasteiger partial charge is 0.349 e. The van der Waals surface area contributed by atoms with Crippen LogP contribution in [0.1, 0.15) is 24.2 Å². The van der Waals surface area contributed by atoms with Crippen LogP contribution < -0.4 is 5.32 Å². The monoisotopic (exact) mass is 457 g/mol. The number of nitrogens with one attached hydrogen (secondary N) is 1. The minimum Gasteiger partial charge on any atom is -0.349 e. The fourth-order valence-corrected chi connectivity index (χ4v) is 4.76. The van der Waals surface area contributed by atoms with Crippen LogP contribution in [0.4, 0.5) is 8.78 Å². The van der Waals surface area contributed by atoms with E-state index in [1.54, 1.807) is 22.9 Å². The van der Waals surface area contributed by atoms with Gasteiger partial charge in [0.15, 0.2) is 5.82 Å². The number of piperidine rings is 1. The van der Waals surface area contributed by atoms with Gasteiger partial charge in [0, 0.05) is 42.2 Å². The molecule has 6 nitrogen and oxygen atoms in total. The highest BCUT2D eigenvalue weighted by Gasteiger charge is 2.40. The lowest BCUT2D eigenvalue weighted by Gasteiger charge is -2.41. The number of rotatable bonds is 3. The molecule has 3 heterocycles. The van der Waals surface area contributed by atoms with Crippen LogP contribution in [0.3, 0.4) is 0 Å². The van der Waals surface area contributed by atoms with Gasteiger partial charge in [-0.2, -0.15) is 5.10 Å². The Hall–Kier alpha value is -2.84. The van der Waals surface area contributed by atoms with E-state index in [1.165, 1.54) is 24.3 Å². The maximum absolute atomic E-state index is 13.6. The summed E-state index contributed by atoms with van der Waals surface area (Å²) in [7, 11) is 0. The SMILES string of the molecule is O=C1Cn2nc(-c3cccc(F)c3)nc2CC2(CCN(Cc3ccc(F)cc3Cl)CC2)N1. The van der Waals surface area contributed by atoms with Gasteiger partial charge in [-0.15, -0.1) is 0 Å². The number of benzene rings is 2.